The summed E-state index contributed by atoms with van der Waals surface area (Å²) in [5.74, 6) is 0. The molecule has 0 saturated carbocycles. The molecule has 0 fully saturated rings. The molecule has 0 spiro atoms. The number of alkyl halides is 1. The van der Waals surface area contributed by atoms with Crippen LogP contribution in [0.3, 0.4) is 0 Å². The van der Waals surface area contributed by atoms with Crippen LogP contribution in [0.1, 0.15) is 0 Å². The van der Waals surface area contributed by atoms with Gasteiger partial charge >= 0.3 is 55.4 Å². The van der Waals surface area contributed by atoms with Crippen molar-refractivity contribution in [2.24, 2.45) is 0 Å². The average molecular weight is 232 g/mol. The summed E-state index contributed by atoms with van der Waals surface area (Å²) in [7, 11) is 2.00. The van der Waals surface area contributed by atoms with Crippen molar-refractivity contribution in [3.63, 3.8) is 0 Å². The molecular weight excluding hydrogens is 220 g/mol. The Balaban J connectivity index is 3.61. The molecule has 1 nitrogen and oxygen atoms in total. The predicted octanol–water partition coefficient (Wildman–Crippen LogP) is -2.17. The predicted molar refractivity (Wildman–Crippen MR) is 34.9 cm³/mol. The fourth-order valence-corrected chi connectivity index (χ4v) is 1.70. The van der Waals surface area contributed by atoms with Gasteiger partial charge in [0.15, 0.2) is 0 Å². The normalized spacial score (nSPS) is 19.3. The van der Waals surface area contributed by atoms with E-state index >= 15 is 0 Å². The van der Waals surface area contributed by atoms with Crippen LogP contribution >= 0.6 is 4.68 Å². The standard InChI is InChI=1S/C4H12INP/c1-5-7(3,4)6-2/h6H,3H2,1-2,4H3/q-1. The molecule has 0 amide bonds. The molecule has 0 radical (unpaired) electrons. The molecule has 0 aromatic rings. The first-order valence-electron chi connectivity index (χ1n) is 2.03. The zero-order chi connectivity index (χ0) is 5.91. The number of rotatable bonds is 2. The summed E-state index contributed by atoms with van der Waals surface area (Å²) in [5, 5.41) is 3.24. The summed E-state index contributed by atoms with van der Waals surface area (Å²) >= 11 is 0.350. The Hall–Kier alpha value is 0.990. The molecule has 0 aliphatic rings. The molecule has 0 heterocycles. The van der Waals surface area contributed by atoms with Crippen LogP contribution in [0.2, 0.25) is 0 Å². The Kier molecular flexibility index (Phi) is 3.54. The van der Waals surface area contributed by atoms with Crippen LogP contribution in [0.15, 0.2) is 0 Å². The van der Waals surface area contributed by atoms with Crippen molar-refractivity contribution in [2.45, 2.75) is 0 Å². The van der Waals surface area contributed by atoms with Gasteiger partial charge in [-0.3, -0.25) is 0 Å². The number of halogens is 1. The van der Waals surface area contributed by atoms with Crippen molar-refractivity contribution in [3.05, 3.63) is 0 Å². The summed E-state index contributed by atoms with van der Waals surface area (Å²) in [6, 6.07) is 0. The van der Waals surface area contributed by atoms with E-state index in [9.17, 15) is 0 Å². The first-order chi connectivity index (χ1) is 3.12. The van der Waals surface area contributed by atoms with Crippen LogP contribution in [0, 0.1) is 0 Å². The van der Waals surface area contributed by atoms with E-state index in [-0.39, 0.29) is 0 Å². The van der Waals surface area contributed by atoms with E-state index < -0.39 is 4.68 Å². The van der Waals surface area contributed by atoms with Crippen LogP contribution in [0.4, 0.5) is 0 Å². The van der Waals surface area contributed by atoms with Gasteiger partial charge in [-0.05, 0) is 0 Å². The van der Waals surface area contributed by atoms with E-state index in [0.29, 0.717) is 20.7 Å². The third-order valence-electron chi connectivity index (χ3n) is 0.839. The van der Waals surface area contributed by atoms with Crippen molar-refractivity contribution < 1.29 is 20.7 Å². The molecule has 0 bridgehead atoms. The second kappa shape index (κ2) is 3.10. The fourth-order valence-electron chi connectivity index (χ4n) is 0.0845. The first-order valence-corrected chi connectivity index (χ1v) is 9.40. The molecule has 0 aromatic carbocycles. The van der Waals surface area contributed by atoms with Gasteiger partial charge in [0.05, 0.1) is 0 Å². The molecule has 46 valence electrons. The van der Waals surface area contributed by atoms with Gasteiger partial charge in [0.2, 0.25) is 0 Å². The van der Waals surface area contributed by atoms with Gasteiger partial charge in [0.1, 0.15) is 0 Å². The Morgan fingerprint density at radius 3 is 2.14 bits per heavy atom. The van der Waals surface area contributed by atoms with Crippen LogP contribution in [0.5, 0.6) is 0 Å². The van der Waals surface area contributed by atoms with Crippen molar-refractivity contribution >= 4 is 11.0 Å². The summed E-state index contributed by atoms with van der Waals surface area (Å²) in [6.45, 7) is 2.24. The van der Waals surface area contributed by atoms with Gasteiger partial charge in [-0.2, -0.15) is 0 Å². The maximum atomic E-state index is 4.06. The quantitative estimate of drug-likeness (QED) is 0.325. The topological polar surface area (TPSA) is 12.0 Å². The molecule has 7 heavy (non-hydrogen) atoms. The van der Waals surface area contributed by atoms with Crippen LogP contribution in [0.25, 0.3) is 0 Å². The number of hydrogen-bond donors (Lipinski definition) is 1. The van der Waals surface area contributed by atoms with E-state index in [4.69, 9.17) is 0 Å². The molecule has 1 N–H and O–H groups in total. The molecule has 0 rings (SSSR count). The number of nitrogens with one attached hydrogen (secondary N) is 1. The SMILES string of the molecule is C=P(C)(NC)[I-]C. The summed E-state index contributed by atoms with van der Waals surface area (Å²) in [6.07, 6.45) is 4.06. The van der Waals surface area contributed by atoms with Gasteiger partial charge < -0.3 is 0 Å². The second-order valence-corrected chi connectivity index (χ2v) is 13.7. The maximum absolute atomic E-state index is 4.06. The molecule has 1 atom stereocenters. The molecular formula is C4H12INP-. The monoisotopic (exact) mass is 232 g/mol. The van der Waals surface area contributed by atoms with Crippen LogP contribution < -0.4 is 25.7 Å². The van der Waals surface area contributed by atoms with Gasteiger partial charge in [0, 0.05) is 0 Å². The van der Waals surface area contributed by atoms with Gasteiger partial charge in [-0.1, -0.05) is 0 Å². The van der Waals surface area contributed by atoms with E-state index in [1.807, 2.05) is 7.05 Å². The molecule has 0 aromatic heterocycles. The van der Waals surface area contributed by atoms with E-state index in [2.05, 4.69) is 23.0 Å². The minimum absolute atomic E-state index is 0.350. The van der Waals surface area contributed by atoms with E-state index in [0.717, 1.165) is 0 Å². The van der Waals surface area contributed by atoms with Crippen LogP contribution in [-0.4, -0.2) is 24.9 Å². The zero-order valence-electron chi connectivity index (χ0n) is 5.03. The van der Waals surface area contributed by atoms with Crippen molar-refractivity contribution in [2.75, 3.05) is 18.6 Å². The minimum atomic E-state index is -0.794. The zero-order valence-corrected chi connectivity index (χ0v) is 8.08. The Morgan fingerprint density at radius 2 is 2.14 bits per heavy atom. The van der Waals surface area contributed by atoms with Gasteiger partial charge in [-0.25, -0.2) is 0 Å². The Labute approximate surface area is 55.5 Å². The molecule has 0 saturated heterocycles. The molecule has 3 heteroatoms. The molecule has 1 unspecified atom stereocenters. The van der Waals surface area contributed by atoms with Crippen LogP contribution in [-0.2, 0) is 0 Å². The van der Waals surface area contributed by atoms with Crippen molar-refractivity contribution in [3.8, 4) is 0 Å². The molecule has 0 aliphatic carbocycles. The van der Waals surface area contributed by atoms with Gasteiger partial charge in [-0.15, -0.1) is 0 Å². The fraction of sp³-hybridized carbons (Fsp3) is 0.750. The third-order valence-corrected chi connectivity index (χ3v) is 10.4. The molecule has 0 aliphatic heterocycles. The summed E-state index contributed by atoms with van der Waals surface area (Å²) in [5.41, 5.74) is 0. The average Bonchev–Trinajstić information content (AvgIpc) is 1.68. The summed E-state index contributed by atoms with van der Waals surface area (Å²) in [4.78, 5) is 2.27. The Bertz CT molecular complexity index is 83.7. The first kappa shape index (κ1) is 7.99. The number of hydrogen-bond acceptors (Lipinski definition) is 1. The Morgan fingerprint density at radius 1 is 1.71 bits per heavy atom. The van der Waals surface area contributed by atoms with E-state index in [1.54, 1.807) is 0 Å². The second-order valence-electron chi connectivity index (χ2n) is 1.46. The third kappa shape index (κ3) is 3.56. The van der Waals surface area contributed by atoms with Crippen molar-refractivity contribution in [1.82, 2.24) is 5.09 Å². The van der Waals surface area contributed by atoms with E-state index in [1.165, 1.54) is 0 Å². The summed E-state index contributed by atoms with van der Waals surface area (Å²) < 4.78 is -0.794. The van der Waals surface area contributed by atoms with Crippen molar-refractivity contribution in [1.29, 1.82) is 0 Å². The van der Waals surface area contributed by atoms with Gasteiger partial charge in [0.25, 0.3) is 0 Å².